The van der Waals surface area contributed by atoms with Gasteiger partial charge in [-0.2, -0.15) is 5.26 Å². The number of carbonyl (C=O) groups is 1. The van der Waals surface area contributed by atoms with Crippen LogP contribution in [0.4, 0.5) is 11.5 Å². The smallest absolute Gasteiger partial charge is 0.270 e. The lowest BCUT2D eigenvalue weighted by Crippen LogP contribution is -2.24. The van der Waals surface area contributed by atoms with E-state index >= 15 is 0 Å². The van der Waals surface area contributed by atoms with Crippen LogP contribution in [0.3, 0.4) is 0 Å². The summed E-state index contributed by atoms with van der Waals surface area (Å²) in [5.41, 5.74) is 2.39. The molecule has 0 fully saturated rings. The molecule has 0 atom stereocenters. The lowest BCUT2D eigenvalue weighted by molar-refractivity contribution is 0.0945. The van der Waals surface area contributed by atoms with E-state index in [9.17, 15) is 4.79 Å². The van der Waals surface area contributed by atoms with Gasteiger partial charge in [0, 0.05) is 30.7 Å². The van der Waals surface area contributed by atoms with Crippen LogP contribution >= 0.6 is 0 Å². The Morgan fingerprint density at radius 1 is 1.16 bits per heavy atom. The molecule has 2 aromatic heterocycles. The van der Waals surface area contributed by atoms with Crippen LogP contribution in [0, 0.1) is 11.3 Å². The second-order valence-electron chi connectivity index (χ2n) is 5.15. The van der Waals surface area contributed by atoms with E-state index in [1.807, 2.05) is 18.2 Å². The SMILES string of the molecule is N#Cc1cccc(Nc2cc(C(=O)NCc3cccnc3)ncn2)c1. The van der Waals surface area contributed by atoms with E-state index < -0.39 is 0 Å². The minimum atomic E-state index is -0.305. The summed E-state index contributed by atoms with van der Waals surface area (Å²) in [6.07, 6.45) is 4.68. The minimum absolute atomic E-state index is 0.248. The molecule has 0 radical (unpaired) electrons. The fourth-order valence-corrected chi connectivity index (χ4v) is 2.14. The number of carbonyl (C=O) groups excluding carboxylic acids is 1. The van der Waals surface area contributed by atoms with Crippen LogP contribution in [-0.2, 0) is 6.54 Å². The van der Waals surface area contributed by atoms with Crippen molar-refractivity contribution in [3.8, 4) is 6.07 Å². The average molecular weight is 330 g/mol. The number of nitrogens with zero attached hydrogens (tertiary/aromatic N) is 4. The van der Waals surface area contributed by atoms with Crippen LogP contribution in [0.1, 0.15) is 21.6 Å². The molecule has 1 amide bonds. The van der Waals surface area contributed by atoms with Crippen LogP contribution in [0.25, 0.3) is 0 Å². The largest absolute Gasteiger partial charge is 0.347 e. The number of amides is 1. The molecule has 7 heteroatoms. The molecular formula is C18H14N6O. The van der Waals surface area contributed by atoms with Crippen molar-refractivity contribution >= 4 is 17.4 Å². The van der Waals surface area contributed by atoms with Gasteiger partial charge in [-0.3, -0.25) is 9.78 Å². The minimum Gasteiger partial charge on any atom is -0.347 e. The molecular weight excluding hydrogens is 316 g/mol. The second-order valence-corrected chi connectivity index (χ2v) is 5.15. The van der Waals surface area contributed by atoms with Crippen LogP contribution in [-0.4, -0.2) is 20.9 Å². The topological polar surface area (TPSA) is 104 Å². The van der Waals surface area contributed by atoms with Crippen molar-refractivity contribution in [3.05, 3.63) is 78.0 Å². The van der Waals surface area contributed by atoms with Gasteiger partial charge in [-0.15, -0.1) is 0 Å². The van der Waals surface area contributed by atoms with E-state index in [4.69, 9.17) is 5.26 Å². The van der Waals surface area contributed by atoms with Crippen LogP contribution in [0.5, 0.6) is 0 Å². The number of rotatable bonds is 5. The Hall–Kier alpha value is -3.79. The third-order valence-corrected chi connectivity index (χ3v) is 3.34. The van der Waals surface area contributed by atoms with Gasteiger partial charge < -0.3 is 10.6 Å². The van der Waals surface area contributed by atoms with Gasteiger partial charge in [0.2, 0.25) is 0 Å². The van der Waals surface area contributed by atoms with Crippen molar-refractivity contribution in [2.24, 2.45) is 0 Å². The van der Waals surface area contributed by atoms with Gasteiger partial charge in [0.25, 0.3) is 5.91 Å². The van der Waals surface area contributed by atoms with Gasteiger partial charge in [0.05, 0.1) is 11.6 Å². The maximum atomic E-state index is 12.2. The van der Waals surface area contributed by atoms with Crippen molar-refractivity contribution in [2.75, 3.05) is 5.32 Å². The van der Waals surface area contributed by atoms with Crippen LogP contribution in [0.2, 0.25) is 0 Å². The number of aromatic nitrogens is 3. The average Bonchev–Trinajstić information content (AvgIpc) is 2.67. The monoisotopic (exact) mass is 330 g/mol. The van der Waals surface area contributed by atoms with Gasteiger partial charge in [-0.1, -0.05) is 12.1 Å². The highest BCUT2D eigenvalue weighted by Crippen LogP contribution is 2.16. The summed E-state index contributed by atoms with van der Waals surface area (Å²) in [6, 6.07) is 14.3. The molecule has 25 heavy (non-hydrogen) atoms. The predicted octanol–water partition coefficient (Wildman–Crippen LogP) is 2.42. The fraction of sp³-hybridized carbons (Fsp3) is 0.0556. The van der Waals surface area contributed by atoms with Crippen LogP contribution in [0.15, 0.2) is 61.2 Å². The Morgan fingerprint density at radius 2 is 2.08 bits per heavy atom. The van der Waals surface area contributed by atoms with Crippen molar-refractivity contribution in [2.45, 2.75) is 6.54 Å². The quantitative estimate of drug-likeness (QED) is 0.744. The number of benzene rings is 1. The van der Waals surface area contributed by atoms with E-state index in [1.165, 1.54) is 6.33 Å². The normalized spacial score (nSPS) is 9.88. The summed E-state index contributed by atoms with van der Waals surface area (Å²) in [7, 11) is 0. The molecule has 3 rings (SSSR count). The molecule has 0 aliphatic carbocycles. The fourth-order valence-electron chi connectivity index (χ4n) is 2.14. The molecule has 0 saturated carbocycles. The number of nitriles is 1. The van der Waals surface area contributed by atoms with Gasteiger partial charge in [0.15, 0.2) is 0 Å². The van der Waals surface area contributed by atoms with E-state index in [0.717, 1.165) is 5.56 Å². The first-order chi connectivity index (χ1) is 12.2. The van der Waals surface area contributed by atoms with Gasteiger partial charge >= 0.3 is 0 Å². The third kappa shape index (κ3) is 4.36. The number of hydrogen-bond donors (Lipinski definition) is 2. The zero-order valence-electron chi connectivity index (χ0n) is 13.2. The van der Waals surface area contributed by atoms with E-state index in [-0.39, 0.29) is 11.6 Å². The highest BCUT2D eigenvalue weighted by atomic mass is 16.1. The van der Waals surface area contributed by atoms with Crippen molar-refractivity contribution in [3.63, 3.8) is 0 Å². The summed E-state index contributed by atoms with van der Waals surface area (Å²) in [4.78, 5) is 24.3. The molecule has 0 aliphatic rings. The highest BCUT2D eigenvalue weighted by molar-refractivity contribution is 5.92. The number of hydrogen-bond acceptors (Lipinski definition) is 6. The lowest BCUT2D eigenvalue weighted by Gasteiger charge is -2.08. The molecule has 0 spiro atoms. The Bertz CT molecular complexity index is 920. The highest BCUT2D eigenvalue weighted by Gasteiger charge is 2.09. The Kier molecular flexibility index (Phi) is 4.93. The molecule has 0 aliphatic heterocycles. The summed E-state index contributed by atoms with van der Waals surface area (Å²) in [6.45, 7) is 0.365. The molecule has 0 bridgehead atoms. The van der Waals surface area contributed by atoms with Gasteiger partial charge in [0.1, 0.15) is 17.8 Å². The van der Waals surface area contributed by atoms with Crippen molar-refractivity contribution in [1.29, 1.82) is 5.26 Å². The van der Waals surface area contributed by atoms with Crippen LogP contribution < -0.4 is 10.6 Å². The first-order valence-electron chi connectivity index (χ1n) is 7.51. The zero-order valence-corrected chi connectivity index (χ0v) is 13.2. The summed E-state index contributed by atoms with van der Waals surface area (Å²) in [5, 5.41) is 14.8. The number of pyridine rings is 1. The molecule has 0 saturated heterocycles. The number of nitrogens with one attached hydrogen (secondary N) is 2. The van der Waals surface area contributed by atoms with E-state index in [2.05, 4.69) is 31.7 Å². The zero-order chi connectivity index (χ0) is 17.5. The Balaban J connectivity index is 1.68. The molecule has 122 valence electrons. The van der Waals surface area contributed by atoms with E-state index in [0.29, 0.717) is 23.6 Å². The maximum Gasteiger partial charge on any atom is 0.270 e. The maximum absolute atomic E-state index is 12.2. The Morgan fingerprint density at radius 3 is 2.88 bits per heavy atom. The third-order valence-electron chi connectivity index (χ3n) is 3.34. The Labute approximate surface area is 144 Å². The number of anilines is 2. The molecule has 7 nitrogen and oxygen atoms in total. The standard InChI is InChI=1S/C18H14N6O/c19-9-13-3-1-5-15(7-13)24-17-8-16(22-12-23-17)18(25)21-11-14-4-2-6-20-10-14/h1-8,10,12H,11H2,(H,21,25)(H,22,23,24). The molecule has 2 N–H and O–H groups in total. The molecule has 2 heterocycles. The molecule has 0 unspecified atom stereocenters. The van der Waals surface area contributed by atoms with Gasteiger partial charge in [-0.05, 0) is 29.8 Å². The summed E-state index contributed by atoms with van der Waals surface area (Å²) >= 11 is 0. The first-order valence-corrected chi connectivity index (χ1v) is 7.51. The van der Waals surface area contributed by atoms with E-state index in [1.54, 1.807) is 36.7 Å². The van der Waals surface area contributed by atoms with Crippen molar-refractivity contribution < 1.29 is 4.79 Å². The summed E-state index contributed by atoms with van der Waals surface area (Å²) < 4.78 is 0. The summed E-state index contributed by atoms with van der Waals surface area (Å²) in [5.74, 6) is 0.164. The lowest BCUT2D eigenvalue weighted by atomic mass is 10.2. The van der Waals surface area contributed by atoms with Gasteiger partial charge in [-0.25, -0.2) is 9.97 Å². The van der Waals surface area contributed by atoms with Crippen molar-refractivity contribution in [1.82, 2.24) is 20.3 Å². The molecule has 1 aromatic carbocycles. The molecule has 3 aromatic rings. The predicted molar refractivity (Wildman–Crippen MR) is 91.9 cm³/mol. The first kappa shape index (κ1) is 16.1. The second kappa shape index (κ2) is 7.66.